The van der Waals surface area contributed by atoms with Crippen LogP contribution in [0.25, 0.3) is 0 Å². The highest BCUT2D eigenvalue weighted by molar-refractivity contribution is 5.82. The van der Waals surface area contributed by atoms with Crippen LogP contribution in [0.4, 0.5) is 4.79 Å². The Labute approximate surface area is 137 Å². The summed E-state index contributed by atoms with van der Waals surface area (Å²) in [5.41, 5.74) is -1.02. The molecule has 2 aliphatic heterocycles. The van der Waals surface area contributed by atoms with Crippen molar-refractivity contribution < 1.29 is 14.6 Å². The molecule has 0 radical (unpaired) electrons. The lowest BCUT2D eigenvalue weighted by atomic mass is 9.80. The third-order valence-electron chi connectivity index (χ3n) is 4.72. The molecule has 1 atom stereocenters. The second-order valence-corrected chi connectivity index (χ2v) is 7.87. The van der Waals surface area contributed by atoms with Crippen LogP contribution in [0.15, 0.2) is 4.99 Å². The Kier molecular flexibility index (Phi) is 4.16. The molecule has 1 amide bonds. The van der Waals surface area contributed by atoms with Gasteiger partial charge in [0.25, 0.3) is 0 Å². The van der Waals surface area contributed by atoms with E-state index >= 15 is 0 Å². The number of carbonyl (C=O) groups excluding carboxylic acids is 1. The van der Waals surface area contributed by atoms with Gasteiger partial charge < -0.3 is 25.0 Å². The minimum atomic E-state index is -0.557. The number of aliphatic hydroxyl groups is 1. The summed E-state index contributed by atoms with van der Waals surface area (Å²) in [5.74, 6) is 0.860. The molecule has 3 rings (SSSR count). The van der Waals surface area contributed by atoms with E-state index in [-0.39, 0.29) is 12.1 Å². The summed E-state index contributed by atoms with van der Waals surface area (Å²) in [6, 6.07) is 0.204. The van der Waals surface area contributed by atoms with Crippen molar-refractivity contribution >= 4 is 12.1 Å². The topological polar surface area (TPSA) is 77.4 Å². The molecule has 0 spiro atoms. The van der Waals surface area contributed by atoms with E-state index in [2.05, 4.69) is 15.2 Å². The maximum Gasteiger partial charge on any atom is 0.410 e. The number of rotatable bonds is 2. The SMILES string of the molecule is CC(C)(C)OC(=O)N1CCN2C(NCC3(O)CCC3)=NCC2C1. The Morgan fingerprint density at radius 1 is 1.43 bits per heavy atom. The van der Waals surface area contributed by atoms with Crippen molar-refractivity contribution in [2.45, 2.75) is 57.3 Å². The summed E-state index contributed by atoms with van der Waals surface area (Å²) in [5, 5.41) is 13.5. The predicted octanol–water partition coefficient (Wildman–Crippen LogP) is 0.782. The zero-order valence-electron chi connectivity index (χ0n) is 14.3. The van der Waals surface area contributed by atoms with E-state index in [4.69, 9.17) is 4.74 Å². The molecule has 2 fully saturated rings. The number of carbonyl (C=O) groups is 1. The Bertz CT molecular complexity index is 496. The summed E-state index contributed by atoms with van der Waals surface area (Å²) < 4.78 is 5.45. The number of hydrogen-bond acceptors (Lipinski definition) is 6. The van der Waals surface area contributed by atoms with Gasteiger partial charge in [0, 0.05) is 26.2 Å². The highest BCUT2D eigenvalue weighted by Crippen LogP contribution is 2.30. The first kappa shape index (κ1) is 16.4. The molecule has 7 heteroatoms. The second kappa shape index (κ2) is 5.85. The minimum absolute atomic E-state index is 0.204. The van der Waals surface area contributed by atoms with Gasteiger partial charge in [0.2, 0.25) is 0 Å². The van der Waals surface area contributed by atoms with Crippen LogP contribution >= 0.6 is 0 Å². The molecule has 0 aromatic heterocycles. The largest absolute Gasteiger partial charge is 0.444 e. The second-order valence-electron chi connectivity index (χ2n) is 7.87. The van der Waals surface area contributed by atoms with E-state index in [1.54, 1.807) is 4.90 Å². The van der Waals surface area contributed by atoms with E-state index in [0.29, 0.717) is 26.2 Å². The third-order valence-corrected chi connectivity index (χ3v) is 4.72. The van der Waals surface area contributed by atoms with Gasteiger partial charge in [-0.1, -0.05) is 0 Å². The first-order chi connectivity index (χ1) is 10.8. The van der Waals surface area contributed by atoms with E-state index in [9.17, 15) is 9.90 Å². The van der Waals surface area contributed by atoms with Gasteiger partial charge in [-0.25, -0.2) is 4.79 Å². The standard InChI is InChI=1S/C16H28N4O3/c1-15(2,3)23-14(21)19-7-8-20-12(10-19)9-17-13(20)18-11-16(22)5-4-6-16/h12,22H,4-11H2,1-3H3,(H,17,18). The van der Waals surface area contributed by atoms with Crippen LogP contribution in [-0.2, 0) is 4.74 Å². The van der Waals surface area contributed by atoms with Gasteiger partial charge in [-0.05, 0) is 40.0 Å². The molecular formula is C16H28N4O3. The summed E-state index contributed by atoms with van der Waals surface area (Å²) >= 11 is 0. The van der Waals surface area contributed by atoms with Crippen LogP contribution in [0.1, 0.15) is 40.0 Å². The summed E-state index contributed by atoms with van der Waals surface area (Å²) in [7, 11) is 0. The fourth-order valence-corrected chi connectivity index (χ4v) is 3.23. The van der Waals surface area contributed by atoms with Crippen molar-refractivity contribution in [1.82, 2.24) is 15.1 Å². The van der Waals surface area contributed by atoms with Crippen molar-refractivity contribution in [2.75, 3.05) is 32.7 Å². The molecule has 2 N–H and O–H groups in total. The predicted molar refractivity (Wildman–Crippen MR) is 87.4 cm³/mol. The van der Waals surface area contributed by atoms with Crippen molar-refractivity contribution in [2.24, 2.45) is 4.99 Å². The molecule has 1 aliphatic carbocycles. The average molecular weight is 324 g/mol. The van der Waals surface area contributed by atoms with Crippen LogP contribution in [0.5, 0.6) is 0 Å². The van der Waals surface area contributed by atoms with Crippen LogP contribution in [-0.4, -0.2) is 76.9 Å². The molecule has 1 saturated heterocycles. The van der Waals surface area contributed by atoms with Crippen LogP contribution < -0.4 is 5.32 Å². The highest BCUT2D eigenvalue weighted by atomic mass is 16.6. The number of guanidine groups is 1. The molecule has 1 unspecified atom stereocenters. The lowest BCUT2D eigenvalue weighted by Gasteiger charge is -2.41. The van der Waals surface area contributed by atoms with E-state index in [1.165, 1.54) is 0 Å². The first-order valence-electron chi connectivity index (χ1n) is 8.51. The van der Waals surface area contributed by atoms with Crippen LogP contribution in [0.2, 0.25) is 0 Å². The quantitative estimate of drug-likeness (QED) is 0.785. The Morgan fingerprint density at radius 2 is 2.17 bits per heavy atom. The van der Waals surface area contributed by atoms with E-state index < -0.39 is 11.2 Å². The number of hydrogen-bond donors (Lipinski definition) is 2. The molecule has 7 nitrogen and oxygen atoms in total. The monoisotopic (exact) mass is 324 g/mol. The highest BCUT2D eigenvalue weighted by Gasteiger charge is 2.39. The van der Waals surface area contributed by atoms with Gasteiger partial charge >= 0.3 is 6.09 Å². The van der Waals surface area contributed by atoms with Crippen molar-refractivity contribution in [3.63, 3.8) is 0 Å². The summed E-state index contributed by atoms with van der Waals surface area (Å²) in [6.45, 7) is 8.90. The average Bonchev–Trinajstić information content (AvgIpc) is 2.83. The smallest absolute Gasteiger partial charge is 0.410 e. The Hall–Kier alpha value is -1.50. The summed E-state index contributed by atoms with van der Waals surface area (Å²) in [6.07, 6.45) is 2.58. The van der Waals surface area contributed by atoms with Gasteiger partial charge in [0.05, 0.1) is 18.2 Å². The number of fused-ring (bicyclic) bond motifs is 1. The molecule has 3 aliphatic rings. The number of aliphatic imine (C=N–C) groups is 1. The third kappa shape index (κ3) is 3.71. The lowest BCUT2D eigenvalue weighted by Crippen LogP contribution is -2.59. The van der Waals surface area contributed by atoms with Gasteiger partial charge in [0.15, 0.2) is 5.96 Å². The fourth-order valence-electron chi connectivity index (χ4n) is 3.23. The van der Waals surface area contributed by atoms with Crippen molar-refractivity contribution in [3.05, 3.63) is 0 Å². The molecule has 1 saturated carbocycles. The van der Waals surface area contributed by atoms with Crippen LogP contribution in [0, 0.1) is 0 Å². The number of ether oxygens (including phenoxy) is 1. The number of nitrogens with zero attached hydrogens (tertiary/aromatic N) is 3. The Balaban J connectivity index is 1.50. The van der Waals surface area contributed by atoms with Crippen molar-refractivity contribution in [3.8, 4) is 0 Å². The zero-order chi connectivity index (χ0) is 16.7. The van der Waals surface area contributed by atoms with Gasteiger partial charge in [-0.15, -0.1) is 0 Å². The maximum absolute atomic E-state index is 12.2. The first-order valence-corrected chi connectivity index (χ1v) is 8.51. The fraction of sp³-hybridized carbons (Fsp3) is 0.875. The molecule has 0 aromatic carbocycles. The molecular weight excluding hydrogens is 296 g/mol. The Morgan fingerprint density at radius 3 is 2.78 bits per heavy atom. The molecule has 130 valence electrons. The van der Waals surface area contributed by atoms with Gasteiger partial charge in [0.1, 0.15) is 5.60 Å². The van der Waals surface area contributed by atoms with E-state index in [1.807, 2.05) is 20.8 Å². The lowest BCUT2D eigenvalue weighted by molar-refractivity contribution is -0.0284. The molecule has 2 heterocycles. The maximum atomic E-state index is 12.2. The van der Waals surface area contributed by atoms with Gasteiger partial charge in [-0.3, -0.25) is 4.99 Å². The minimum Gasteiger partial charge on any atom is -0.444 e. The van der Waals surface area contributed by atoms with Gasteiger partial charge in [-0.2, -0.15) is 0 Å². The molecule has 23 heavy (non-hydrogen) atoms. The molecule has 0 bridgehead atoms. The van der Waals surface area contributed by atoms with Crippen molar-refractivity contribution in [1.29, 1.82) is 0 Å². The van der Waals surface area contributed by atoms with Crippen LogP contribution in [0.3, 0.4) is 0 Å². The number of nitrogens with one attached hydrogen (secondary N) is 1. The number of piperazine rings is 1. The normalized spacial score (nSPS) is 26.3. The molecule has 0 aromatic rings. The zero-order valence-corrected chi connectivity index (χ0v) is 14.3. The summed E-state index contributed by atoms with van der Waals surface area (Å²) in [4.78, 5) is 20.7. The number of amides is 1. The van der Waals surface area contributed by atoms with E-state index in [0.717, 1.165) is 31.8 Å².